The molecule has 422 valence electrons. The van der Waals surface area contributed by atoms with Crippen molar-refractivity contribution in [3.05, 3.63) is 29.3 Å². The van der Waals surface area contributed by atoms with Crippen molar-refractivity contribution in [2.75, 3.05) is 104 Å². The van der Waals surface area contributed by atoms with Gasteiger partial charge in [0.15, 0.2) is 37.0 Å². The van der Waals surface area contributed by atoms with Gasteiger partial charge in [-0.05, 0) is 18.2 Å². The fourth-order valence-corrected chi connectivity index (χ4v) is 6.97. The maximum atomic E-state index is 13.1. The van der Waals surface area contributed by atoms with E-state index in [1.54, 1.807) is 0 Å². The molecule has 29 heteroatoms. The Morgan fingerprint density at radius 2 is 0.893 bits per heavy atom. The SMILES string of the molecule is CC(=O)OC[C@H]1O[C@H](OCCOCCOCCNC(=O)c2cc(NC(=O)CN)cc(C(=O)NCCOCCOCCO[C@H]3O[C@H](COC(C)=O)[C@@H](OC(C)=O)[C@H](OC(C)=O)[C@@H]3O)c2)[C@@H](OC(C)=O)[C@@H](OC(C)=O)[C@@H]1O. The summed E-state index contributed by atoms with van der Waals surface area (Å²) in [7, 11) is 0. The molecular formula is C46H68N4O25. The third kappa shape index (κ3) is 23.6. The number of rotatable bonds is 32. The molecule has 0 aromatic heterocycles. The van der Waals surface area contributed by atoms with Crippen LogP contribution in [0.15, 0.2) is 18.2 Å². The summed E-state index contributed by atoms with van der Waals surface area (Å²) < 4.78 is 75.6. The zero-order valence-corrected chi connectivity index (χ0v) is 42.5. The highest BCUT2D eigenvalue weighted by atomic mass is 16.7. The molecule has 0 radical (unpaired) electrons. The molecule has 3 amide bonds. The molecule has 3 rings (SSSR count). The van der Waals surface area contributed by atoms with Crippen LogP contribution in [0, 0.1) is 0 Å². The van der Waals surface area contributed by atoms with Crippen LogP contribution in [0.1, 0.15) is 62.3 Å². The summed E-state index contributed by atoms with van der Waals surface area (Å²) in [5.41, 5.74) is 5.67. The van der Waals surface area contributed by atoms with Gasteiger partial charge in [0.1, 0.15) is 37.6 Å². The minimum atomic E-state index is -1.59. The number of anilines is 1. The molecule has 0 aliphatic carbocycles. The molecule has 0 saturated carbocycles. The first-order chi connectivity index (χ1) is 35.7. The van der Waals surface area contributed by atoms with Crippen LogP contribution < -0.4 is 21.7 Å². The van der Waals surface area contributed by atoms with E-state index in [2.05, 4.69) is 16.0 Å². The number of benzene rings is 1. The number of nitrogens with one attached hydrogen (secondary N) is 3. The highest BCUT2D eigenvalue weighted by Gasteiger charge is 2.51. The first kappa shape index (κ1) is 63.3. The Kier molecular flexibility index (Phi) is 28.6. The zero-order valence-electron chi connectivity index (χ0n) is 42.5. The van der Waals surface area contributed by atoms with Gasteiger partial charge in [-0.3, -0.25) is 43.2 Å². The Hall–Kier alpha value is -5.99. The van der Waals surface area contributed by atoms with Crippen molar-refractivity contribution in [1.29, 1.82) is 0 Å². The second-order valence-corrected chi connectivity index (χ2v) is 16.2. The third-order valence-corrected chi connectivity index (χ3v) is 10.1. The van der Waals surface area contributed by atoms with Crippen LogP contribution in [-0.4, -0.2) is 224 Å². The third-order valence-electron chi connectivity index (χ3n) is 10.1. The Bertz CT molecular complexity index is 2040. The van der Waals surface area contributed by atoms with Crippen LogP contribution in [0.2, 0.25) is 0 Å². The summed E-state index contributed by atoms with van der Waals surface area (Å²) in [6.45, 7) is 5.96. The Labute approximate surface area is 431 Å². The molecule has 29 nitrogen and oxygen atoms in total. The second-order valence-electron chi connectivity index (χ2n) is 16.2. The summed E-state index contributed by atoms with van der Waals surface area (Å²) in [5, 5.41) is 29.5. The van der Waals surface area contributed by atoms with Gasteiger partial charge in [-0.1, -0.05) is 0 Å². The first-order valence-corrected chi connectivity index (χ1v) is 23.6. The lowest BCUT2D eigenvalue weighted by Crippen LogP contribution is -2.62. The van der Waals surface area contributed by atoms with E-state index in [9.17, 15) is 53.4 Å². The van der Waals surface area contributed by atoms with Crippen LogP contribution in [-0.2, 0) is 99.9 Å². The minimum Gasteiger partial charge on any atom is -0.463 e. The van der Waals surface area contributed by atoms with E-state index < -0.39 is 128 Å². The maximum Gasteiger partial charge on any atom is 0.303 e. The Balaban J connectivity index is 1.38. The number of nitrogens with two attached hydrogens (primary N) is 1. The van der Waals surface area contributed by atoms with Gasteiger partial charge >= 0.3 is 35.8 Å². The Morgan fingerprint density at radius 1 is 0.493 bits per heavy atom. The van der Waals surface area contributed by atoms with Crippen molar-refractivity contribution >= 4 is 59.2 Å². The van der Waals surface area contributed by atoms with E-state index in [0.717, 1.165) is 41.5 Å². The first-order valence-electron chi connectivity index (χ1n) is 23.6. The fraction of sp³-hybridized carbons (Fsp3) is 0.674. The molecule has 2 aliphatic heterocycles. The summed E-state index contributed by atoms with van der Waals surface area (Å²) in [4.78, 5) is 108. The van der Waals surface area contributed by atoms with E-state index >= 15 is 0 Å². The number of aliphatic hydroxyl groups excluding tert-OH is 2. The molecule has 1 aromatic carbocycles. The zero-order chi connectivity index (χ0) is 55.5. The number of ether oxygens (including phenoxy) is 14. The number of amides is 3. The van der Waals surface area contributed by atoms with Gasteiger partial charge in [-0.25, -0.2) is 0 Å². The molecule has 0 unspecified atom stereocenters. The van der Waals surface area contributed by atoms with E-state index in [4.69, 9.17) is 72.0 Å². The topological polar surface area (TPSA) is 385 Å². The maximum absolute atomic E-state index is 13.1. The Morgan fingerprint density at radius 3 is 1.36 bits per heavy atom. The van der Waals surface area contributed by atoms with Crippen molar-refractivity contribution in [2.45, 2.75) is 103 Å². The largest absolute Gasteiger partial charge is 0.463 e. The van der Waals surface area contributed by atoms with Crippen molar-refractivity contribution in [1.82, 2.24) is 10.6 Å². The van der Waals surface area contributed by atoms with Gasteiger partial charge in [-0.15, -0.1) is 0 Å². The number of carbonyl (C=O) groups is 9. The minimum absolute atomic E-state index is 0.00169. The lowest BCUT2D eigenvalue weighted by atomic mass is 9.98. The highest BCUT2D eigenvalue weighted by molar-refractivity contribution is 6.03. The van der Waals surface area contributed by atoms with Crippen LogP contribution in [0.25, 0.3) is 0 Å². The van der Waals surface area contributed by atoms with Crippen molar-refractivity contribution < 1.29 is 120 Å². The molecule has 7 N–H and O–H groups in total. The molecule has 0 bridgehead atoms. The van der Waals surface area contributed by atoms with Crippen LogP contribution in [0.3, 0.4) is 0 Å². The number of esters is 6. The predicted molar refractivity (Wildman–Crippen MR) is 249 cm³/mol. The summed E-state index contributed by atoms with van der Waals surface area (Å²) >= 11 is 0. The fourth-order valence-electron chi connectivity index (χ4n) is 6.97. The summed E-state index contributed by atoms with van der Waals surface area (Å²) in [6, 6.07) is 4.06. The molecule has 0 spiro atoms. The molecule has 2 aliphatic rings. The van der Waals surface area contributed by atoms with Crippen LogP contribution in [0.5, 0.6) is 0 Å². The molecule has 2 heterocycles. The van der Waals surface area contributed by atoms with Gasteiger partial charge in [0, 0.05) is 71.4 Å². The van der Waals surface area contributed by atoms with E-state index in [1.165, 1.54) is 18.2 Å². The van der Waals surface area contributed by atoms with Gasteiger partial charge in [0.05, 0.1) is 72.6 Å². The predicted octanol–water partition coefficient (Wildman–Crippen LogP) is -2.83. The van der Waals surface area contributed by atoms with Gasteiger partial charge in [0.2, 0.25) is 5.91 Å². The lowest BCUT2D eigenvalue weighted by Gasteiger charge is -2.42. The van der Waals surface area contributed by atoms with Crippen LogP contribution in [0.4, 0.5) is 5.69 Å². The number of carbonyl (C=O) groups excluding carboxylic acids is 9. The van der Waals surface area contributed by atoms with Crippen molar-refractivity contribution in [3.8, 4) is 0 Å². The average molecular weight is 1080 g/mol. The lowest BCUT2D eigenvalue weighted by molar-refractivity contribution is -0.307. The molecule has 10 atom stereocenters. The molecule has 75 heavy (non-hydrogen) atoms. The quantitative estimate of drug-likeness (QED) is 0.0241. The monoisotopic (exact) mass is 1080 g/mol. The van der Waals surface area contributed by atoms with E-state index in [1.807, 2.05) is 0 Å². The molecule has 2 saturated heterocycles. The second kappa shape index (κ2) is 33.8. The van der Waals surface area contributed by atoms with Crippen molar-refractivity contribution in [2.24, 2.45) is 5.73 Å². The van der Waals surface area contributed by atoms with Crippen LogP contribution >= 0.6 is 0 Å². The summed E-state index contributed by atoms with van der Waals surface area (Å²) in [5.74, 6) is -6.12. The summed E-state index contributed by atoms with van der Waals surface area (Å²) in [6.07, 6.45) is -13.6. The molecule has 2 fully saturated rings. The number of aliphatic hydroxyl groups is 2. The van der Waals surface area contributed by atoms with Gasteiger partial charge in [0.25, 0.3) is 11.8 Å². The van der Waals surface area contributed by atoms with Crippen molar-refractivity contribution in [3.63, 3.8) is 0 Å². The van der Waals surface area contributed by atoms with Gasteiger partial charge < -0.3 is 98.2 Å². The number of hydrogen-bond donors (Lipinski definition) is 6. The average Bonchev–Trinajstić information content (AvgIpc) is 3.34. The van der Waals surface area contributed by atoms with E-state index in [0.29, 0.717) is 0 Å². The number of hydrogen-bond acceptors (Lipinski definition) is 26. The van der Waals surface area contributed by atoms with E-state index in [-0.39, 0.29) is 103 Å². The molecule has 1 aromatic rings. The smallest absolute Gasteiger partial charge is 0.303 e. The molecular weight excluding hydrogens is 1010 g/mol. The standard InChI is InChI=1S/C46H68N4O25/c1-25(51)68-23-34-37(58)40(71-28(4)54)42(73-30(6)56)46(74-34)67-18-16-65-14-12-63-10-8-49-44(61)32-19-31(20-33(21-32)50-36(57)22-47)43(60)48-7-9-62-11-13-64-15-17-66-45-38(59)41(72-29(5)55)39(70-27(3)53)35(75-45)24-69-26(2)52/h19-21,34-35,37-42,45-46,58-59H,7-18,22-24,47H2,1-6H3,(H,48,60)(H,49,61)(H,50,57)/t34-,35-,37-,38+,39-,40+,41-,42+,45+,46+/m1/s1. The normalized spacial score (nSPS) is 23.2. The highest BCUT2D eigenvalue weighted by Crippen LogP contribution is 2.29. The van der Waals surface area contributed by atoms with Gasteiger partial charge in [-0.2, -0.15) is 0 Å².